The van der Waals surface area contributed by atoms with E-state index < -0.39 is 0 Å². The summed E-state index contributed by atoms with van der Waals surface area (Å²) in [5.74, 6) is 1.76. The van der Waals surface area contributed by atoms with Crippen molar-refractivity contribution in [2.24, 2.45) is 0 Å². The Hall–Kier alpha value is -2.83. The number of ether oxygens (including phenoxy) is 2. The van der Waals surface area contributed by atoms with Gasteiger partial charge in [0.25, 0.3) is 0 Å². The molecule has 3 aromatic rings. The summed E-state index contributed by atoms with van der Waals surface area (Å²) in [6.45, 7) is 1.90. The first kappa shape index (κ1) is 13.2. The van der Waals surface area contributed by atoms with Gasteiger partial charge < -0.3 is 15.2 Å². The third-order valence-corrected chi connectivity index (χ3v) is 3.23. The van der Waals surface area contributed by atoms with Crippen LogP contribution in [0.5, 0.6) is 11.5 Å². The number of benzene rings is 1. The normalized spacial score (nSPS) is 10.8. The van der Waals surface area contributed by atoms with Crippen molar-refractivity contribution in [3.63, 3.8) is 0 Å². The molecule has 0 unspecified atom stereocenters. The molecule has 0 aliphatic carbocycles. The van der Waals surface area contributed by atoms with Crippen LogP contribution in [0, 0.1) is 6.92 Å². The molecule has 0 atom stereocenters. The second-order valence-electron chi connectivity index (χ2n) is 4.58. The molecule has 0 spiro atoms. The molecule has 0 radical (unpaired) electrons. The third-order valence-electron chi connectivity index (χ3n) is 3.23. The Morgan fingerprint density at radius 3 is 2.48 bits per heavy atom. The van der Waals surface area contributed by atoms with Crippen molar-refractivity contribution in [1.29, 1.82) is 0 Å². The molecule has 0 bridgehead atoms. The van der Waals surface area contributed by atoms with E-state index in [2.05, 4.69) is 15.2 Å². The number of nitrogen functional groups attached to an aromatic ring is 1. The van der Waals surface area contributed by atoms with Crippen LogP contribution in [0.1, 0.15) is 5.69 Å². The van der Waals surface area contributed by atoms with Gasteiger partial charge in [-0.2, -0.15) is 0 Å². The van der Waals surface area contributed by atoms with E-state index in [1.165, 1.54) is 0 Å². The van der Waals surface area contributed by atoms with Gasteiger partial charge in [-0.1, -0.05) is 0 Å². The highest BCUT2D eigenvalue weighted by Gasteiger charge is 2.15. The molecule has 0 amide bonds. The highest BCUT2D eigenvalue weighted by molar-refractivity contribution is 5.77. The van der Waals surface area contributed by atoms with E-state index in [0.29, 0.717) is 34.2 Å². The number of aromatic nitrogens is 4. The number of methoxy groups -OCH3 is 2. The first-order valence-corrected chi connectivity index (χ1v) is 6.33. The molecule has 2 N–H and O–H groups in total. The van der Waals surface area contributed by atoms with Gasteiger partial charge in [0, 0.05) is 29.1 Å². The van der Waals surface area contributed by atoms with E-state index in [9.17, 15) is 0 Å². The zero-order valence-corrected chi connectivity index (χ0v) is 12.0. The van der Waals surface area contributed by atoms with Gasteiger partial charge in [-0.25, -0.2) is 4.98 Å². The van der Waals surface area contributed by atoms with E-state index in [1.54, 1.807) is 37.1 Å². The lowest BCUT2D eigenvalue weighted by Gasteiger charge is -2.11. The molecule has 0 aliphatic heterocycles. The van der Waals surface area contributed by atoms with Crippen molar-refractivity contribution in [2.75, 3.05) is 20.0 Å². The summed E-state index contributed by atoms with van der Waals surface area (Å²) < 4.78 is 12.3. The minimum absolute atomic E-state index is 0.530. The highest BCUT2D eigenvalue weighted by atomic mass is 16.5. The van der Waals surface area contributed by atoms with Crippen LogP contribution in [-0.4, -0.2) is 33.8 Å². The Bertz CT molecular complexity index is 812. The molecule has 7 heteroatoms. The summed E-state index contributed by atoms with van der Waals surface area (Å²) in [5.41, 5.74) is 8.93. The molecule has 3 rings (SSSR count). The van der Waals surface area contributed by atoms with Gasteiger partial charge in [0.2, 0.25) is 0 Å². The van der Waals surface area contributed by atoms with Crippen LogP contribution < -0.4 is 15.2 Å². The fourth-order valence-electron chi connectivity index (χ4n) is 2.16. The second-order valence-corrected chi connectivity index (χ2v) is 4.58. The van der Waals surface area contributed by atoms with Crippen LogP contribution in [0.3, 0.4) is 0 Å². The van der Waals surface area contributed by atoms with Crippen LogP contribution in [-0.2, 0) is 0 Å². The standard InChI is InChI=1S/C14H15N5O2/c1-8-4-13-17-18-14(19(13)7-16-8)9-5-11(20-2)12(21-3)6-10(9)15/h4-7H,15H2,1-3H3. The van der Waals surface area contributed by atoms with Crippen molar-refractivity contribution >= 4 is 11.3 Å². The maximum Gasteiger partial charge on any atom is 0.171 e. The minimum atomic E-state index is 0.530. The first-order chi connectivity index (χ1) is 10.1. The van der Waals surface area contributed by atoms with Crippen LogP contribution in [0.2, 0.25) is 0 Å². The van der Waals surface area contributed by atoms with E-state index in [4.69, 9.17) is 15.2 Å². The monoisotopic (exact) mass is 285 g/mol. The van der Waals surface area contributed by atoms with Crippen molar-refractivity contribution < 1.29 is 9.47 Å². The van der Waals surface area contributed by atoms with Gasteiger partial charge in [-0.05, 0) is 13.0 Å². The fraction of sp³-hybridized carbons (Fsp3) is 0.214. The molecule has 21 heavy (non-hydrogen) atoms. The maximum absolute atomic E-state index is 6.10. The summed E-state index contributed by atoms with van der Waals surface area (Å²) in [7, 11) is 3.14. The van der Waals surface area contributed by atoms with Crippen LogP contribution in [0.15, 0.2) is 24.5 Å². The van der Waals surface area contributed by atoms with E-state index >= 15 is 0 Å². The smallest absolute Gasteiger partial charge is 0.171 e. The Morgan fingerprint density at radius 1 is 1.05 bits per heavy atom. The quantitative estimate of drug-likeness (QED) is 0.737. The fourth-order valence-corrected chi connectivity index (χ4v) is 2.16. The summed E-state index contributed by atoms with van der Waals surface area (Å²) in [4.78, 5) is 4.26. The Balaban J connectivity index is 2.23. The Labute approximate surface area is 121 Å². The summed E-state index contributed by atoms with van der Waals surface area (Å²) >= 11 is 0. The van der Waals surface area contributed by atoms with Crippen LogP contribution >= 0.6 is 0 Å². The molecule has 0 fully saturated rings. The van der Waals surface area contributed by atoms with Gasteiger partial charge in [-0.15, -0.1) is 10.2 Å². The lowest BCUT2D eigenvalue weighted by molar-refractivity contribution is 0.355. The Kier molecular flexibility index (Phi) is 3.09. The number of nitrogens with zero attached hydrogens (tertiary/aromatic N) is 4. The number of aryl methyl sites for hydroxylation is 1. The van der Waals surface area contributed by atoms with Gasteiger partial charge in [0.05, 0.1) is 14.2 Å². The number of fused-ring (bicyclic) bond motifs is 1. The van der Waals surface area contributed by atoms with Gasteiger partial charge in [0.15, 0.2) is 23.0 Å². The average molecular weight is 285 g/mol. The minimum Gasteiger partial charge on any atom is -0.493 e. The molecule has 0 aliphatic rings. The topological polar surface area (TPSA) is 87.6 Å². The average Bonchev–Trinajstić information content (AvgIpc) is 2.89. The molecule has 108 valence electrons. The zero-order valence-electron chi connectivity index (χ0n) is 12.0. The van der Waals surface area contributed by atoms with E-state index in [0.717, 1.165) is 5.69 Å². The van der Waals surface area contributed by atoms with Crippen molar-refractivity contribution in [2.45, 2.75) is 6.92 Å². The van der Waals surface area contributed by atoms with Crippen molar-refractivity contribution in [3.05, 3.63) is 30.2 Å². The summed E-state index contributed by atoms with van der Waals surface area (Å²) in [5, 5.41) is 8.34. The van der Waals surface area contributed by atoms with E-state index in [1.807, 2.05) is 13.0 Å². The SMILES string of the molecule is COc1cc(N)c(-c2nnc3cc(C)ncn23)cc1OC. The largest absolute Gasteiger partial charge is 0.493 e. The lowest BCUT2D eigenvalue weighted by atomic mass is 10.1. The summed E-state index contributed by atoms with van der Waals surface area (Å²) in [6, 6.07) is 5.34. The number of hydrogen-bond donors (Lipinski definition) is 1. The van der Waals surface area contributed by atoms with Crippen molar-refractivity contribution in [3.8, 4) is 22.9 Å². The molecular weight excluding hydrogens is 270 g/mol. The van der Waals surface area contributed by atoms with Crippen LogP contribution in [0.4, 0.5) is 5.69 Å². The molecule has 2 aromatic heterocycles. The number of rotatable bonds is 3. The van der Waals surface area contributed by atoms with Gasteiger partial charge in [0.1, 0.15) is 6.33 Å². The lowest BCUT2D eigenvalue weighted by Crippen LogP contribution is -1.99. The molecule has 1 aromatic carbocycles. The second kappa shape index (κ2) is 4.93. The molecular formula is C14H15N5O2. The van der Waals surface area contributed by atoms with Crippen LogP contribution in [0.25, 0.3) is 17.0 Å². The first-order valence-electron chi connectivity index (χ1n) is 6.33. The number of hydrogen-bond acceptors (Lipinski definition) is 6. The molecule has 0 saturated heterocycles. The third kappa shape index (κ3) is 2.12. The summed E-state index contributed by atoms with van der Waals surface area (Å²) in [6.07, 6.45) is 1.68. The molecule has 0 saturated carbocycles. The number of anilines is 1. The predicted molar refractivity (Wildman–Crippen MR) is 78.5 cm³/mol. The van der Waals surface area contributed by atoms with Gasteiger partial charge in [-0.3, -0.25) is 4.40 Å². The predicted octanol–water partition coefficient (Wildman–Crippen LogP) is 1.70. The number of nitrogens with two attached hydrogens (primary N) is 1. The molecule has 2 heterocycles. The zero-order chi connectivity index (χ0) is 15.0. The molecule has 7 nitrogen and oxygen atoms in total. The highest BCUT2D eigenvalue weighted by Crippen LogP contribution is 2.36. The maximum atomic E-state index is 6.10. The van der Waals surface area contributed by atoms with Crippen molar-refractivity contribution in [1.82, 2.24) is 19.6 Å². The van der Waals surface area contributed by atoms with E-state index in [-0.39, 0.29) is 0 Å². The van der Waals surface area contributed by atoms with Gasteiger partial charge >= 0.3 is 0 Å². The Morgan fingerprint density at radius 2 is 1.76 bits per heavy atom.